The van der Waals surface area contributed by atoms with Crippen LogP contribution in [0.2, 0.25) is 10.0 Å². The molecule has 0 bridgehead atoms. The van der Waals surface area contributed by atoms with Crippen LogP contribution in [0.3, 0.4) is 0 Å². The van der Waals surface area contributed by atoms with Gasteiger partial charge in [-0.2, -0.15) is 0 Å². The van der Waals surface area contributed by atoms with Gasteiger partial charge in [0.25, 0.3) is 0 Å². The lowest BCUT2D eigenvalue weighted by Crippen LogP contribution is -2.23. The number of benzene rings is 2. The van der Waals surface area contributed by atoms with E-state index in [1.807, 2.05) is 18.2 Å². The van der Waals surface area contributed by atoms with Crippen LogP contribution < -0.4 is 5.32 Å². The van der Waals surface area contributed by atoms with Crippen molar-refractivity contribution in [1.82, 2.24) is 5.32 Å². The van der Waals surface area contributed by atoms with E-state index < -0.39 is 0 Å². The van der Waals surface area contributed by atoms with Gasteiger partial charge in [0, 0.05) is 10.9 Å². The third-order valence-electron chi connectivity index (χ3n) is 3.39. The second-order valence-electron chi connectivity index (χ2n) is 4.80. The second kappa shape index (κ2) is 8.09. The van der Waals surface area contributed by atoms with Gasteiger partial charge in [0.15, 0.2) is 0 Å². The minimum atomic E-state index is 0.274. The summed E-state index contributed by atoms with van der Waals surface area (Å²) in [6, 6.07) is 14.7. The van der Waals surface area contributed by atoms with Crippen LogP contribution in [0.25, 0.3) is 0 Å². The molecule has 1 atom stereocenters. The number of halogens is 2. The first kappa shape index (κ1) is 16.7. The van der Waals surface area contributed by atoms with E-state index in [-0.39, 0.29) is 6.04 Å². The maximum Gasteiger partial charge on any atom is 0.0595 e. The summed E-state index contributed by atoms with van der Waals surface area (Å²) in [6.45, 7) is 3.05. The molecule has 21 heavy (non-hydrogen) atoms. The van der Waals surface area contributed by atoms with Gasteiger partial charge >= 0.3 is 0 Å². The highest BCUT2D eigenvalue weighted by molar-refractivity contribution is 7.98. The quantitative estimate of drug-likeness (QED) is 0.686. The van der Waals surface area contributed by atoms with Crippen molar-refractivity contribution in [2.45, 2.75) is 24.3 Å². The standard InChI is InChI=1S/C17H19Cl2NS/c1-3-20-16(13-6-4-5-7-17(13)21-2)11-12-8-9-14(18)15(19)10-12/h4-10,16,20H,3,11H2,1-2H3. The molecular formula is C17H19Cl2NS. The van der Waals surface area contributed by atoms with Gasteiger partial charge in [-0.15, -0.1) is 11.8 Å². The van der Waals surface area contributed by atoms with Gasteiger partial charge < -0.3 is 5.32 Å². The molecule has 0 aromatic heterocycles. The molecule has 2 rings (SSSR count). The van der Waals surface area contributed by atoms with E-state index in [9.17, 15) is 0 Å². The molecular weight excluding hydrogens is 321 g/mol. The molecule has 0 aliphatic rings. The maximum atomic E-state index is 6.12. The first-order valence-electron chi connectivity index (χ1n) is 6.96. The number of nitrogens with one attached hydrogen (secondary N) is 1. The van der Waals surface area contributed by atoms with E-state index in [1.54, 1.807) is 11.8 Å². The molecule has 0 spiro atoms. The molecule has 0 radical (unpaired) electrons. The van der Waals surface area contributed by atoms with Crippen molar-refractivity contribution in [2.24, 2.45) is 0 Å². The Kier molecular flexibility index (Phi) is 6.43. The smallest absolute Gasteiger partial charge is 0.0595 e. The van der Waals surface area contributed by atoms with Crippen molar-refractivity contribution >= 4 is 35.0 Å². The van der Waals surface area contributed by atoms with Gasteiger partial charge in [-0.1, -0.05) is 54.4 Å². The van der Waals surface area contributed by atoms with Gasteiger partial charge in [0.05, 0.1) is 10.0 Å². The molecule has 0 aliphatic heterocycles. The Morgan fingerprint density at radius 2 is 1.86 bits per heavy atom. The van der Waals surface area contributed by atoms with Crippen molar-refractivity contribution < 1.29 is 0 Å². The Bertz CT molecular complexity index is 601. The van der Waals surface area contributed by atoms with Crippen LogP contribution in [0.1, 0.15) is 24.1 Å². The summed E-state index contributed by atoms with van der Waals surface area (Å²) in [5, 5.41) is 4.78. The van der Waals surface area contributed by atoms with Crippen molar-refractivity contribution in [2.75, 3.05) is 12.8 Å². The molecule has 0 saturated carbocycles. The van der Waals surface area contributed by atoms with E-state index in [1.165, 1.54) is 16.0 Å². The van der Waals surface area contributed by atoms with Gasteiger partial charge in [0.2, 0.25) is 0 Å². The minimum absolute atomic E-state index is 0.274. The molecule has 2 aromatic rings. The average molecular weight is 340 g/mol. The summed E-state index contributed by atoms with van der Waals surface area (Å²) in [4.78, 5) is 1.31. The summed E-state index contributed by atoms with van der Waals surface area (Å²) in [6.07, 6.45) is 3.00. The number of rotatable bonds is 6. The molecule has 2 aromatic carbocycles. The van der Waals surface area contributed by atoms with Crippen molar-refractivity contribution in [3.05, 3.63) is 63.6 Å². The van der Waals surface area contributed by atoms with Crippen LogP contribution in [0.15, 0.2) is 47.4 Å². The first-order valence-corrected chi connectivity index (χ1v) is 8.94. The van der Waals surface area contributed by atoms with Crippen LogP contribution in [0, 0.1) is 0 Å². The Hall–Kier alpha value is -0.670. The van der Waals surface area contributed by atoms with Crippen LogP contribution >= 0.6 is 35.0 Å². The predicted molar refractivity (Wildman–Crippen MR) is 94.8 cm³/mol. The Morgan fingerprint density at radius 3 is 2.52 bits per heavy atom. The Balaban J connectivity index is 2.28. The lowest BCUT2D eigenvalue weighted by atomic mass is 9.98. The summed E-state index contributed by atoms with van der Waals surface area (Å²) in [5.41, 5.74) is 2.52. The molecule has 4 heteroatoms. The Morgan fingerprint density at radius 1 is 1.10 bits per heavy atom. The van der Waals surface area contributed by atoms with E-state index in [4.69, 9.17) is 23.2 Å². The monoisotopic (exact) mass is 339 g/mol. The normalized spacial score (nSPS) is 12.4. The Labute approximate surface area is 141 Å². The van der Waals surface area contributed by atoms with E-state index >= 15 is 0 Å². The van der Waals surface area contributed by atoms with Crippen molar-refractivity contribution in [1.29, 1.82) is 0 Å². The highest BCUT2D eigenvalue weighted by Crippen LogP contribution is 2.30. The highest BCUT2D eigenvalue weighted by Gasteiger charge is 2.15. The van der Waals surface area contributed by atoms with Crippen molar-refractivity contribution in [3.63, 3.8) is 0 Å². The third kappa shape index (κ3) is 4.40. The fraction of sp³-hybridized carbons (Fsp3) is 0.294. The van der Waals surface area contributed by atoms with Gasteiger partial charge in [-0.05, 0) is 48.5 Å². The van der Waals surface area contributed by atoms with Gasteiger partial charge in [-0.25, -0.2) is 0 Å². The highest BCUT2D eigenvalue weighted by atomic mass is 35.5. The predicted octanol–water partition coefficient (Wildman–Crippen LogP) is 5.61. The third-order valence-corrected chi connectivity index (χ3v) is 4.94. The topological polar surface area (TPSA) is 12.0 Å². The van der Waals surface area contributed by atoms with Gasteiger partial charge in [0.1, 0.15) is 0 Å². The zero-order valence-corrected chi connectivity index (χ0v) is 14.5. The van der Waals surface area contributed by atoms with Crippen LogP contribution in [0.4, 0.5) is 0 Å². The summed E-state index contributed by atoms with van der Waals surface area (Å²) >= 11 is 13.9. The average Bonchev–Trinajstić information content (AvgIpc) is 2.50. The van der Waals surface area contributed by atoms with Crippen LogP contribution in [-0.4, -0.2) is 12.8 Å². The number of thioether (sulfide) groups is 1. The van der Waals surface area contributed by atoms with Crippen molar-refractivity contribution in [3.8, 4) is 0 Å². The number of hydrogen-bond acceptors (Lipinski definition) is 2. The molecule has 0 saturated heterocycles. The summed E-state index contributed by atoms with van der Waals surface area (Å²) in [7, 11) is 0. The molecule has 0 heterocycles. The SMILES string of the molecule is CCNC(Cc1ccc(Cl)c(Cl)c1)c1ccccc1SC. The fourth-order valence-electron chi connectivity index (χ4n) is 2.40. The molecule has 1 nitrogen and oxygen atoms in total. The number of hydrogen-bond donors (Lipinski definition) is 1. The molecule has 0 amide bonds. The van der Waals surface area contributed by atoms with E-state index in [2.05, 4.69) is 42.8 Å². The molecule has 0 aliphatic carbocycles. The number of likely N-dealkylation sites (N-methyl/N-ethyl adjacent to an activating group) is 1. The lowest BCUT2D eigenvalue weighted by Gasteiger charge is -2.21. The van der Waals surface area contributed by atoms with E-state index in [0.29, 0.717) is 10.0 Å². The summed E-state index contributed by atoms with van der Waals surface area (Å²) in [5.74, 6) is 0. The van der Waals surface area contributed by atoms with Crippen LogP contribution in [-0.2, 0) is 6.42 Å². The largest absolute Gasteiger partial charge is 0.310 e. The van der Waals surface area contributed by atoms with E-state index in [0.717, 1.165) is 13.0 Å². The molecule has 1 unspecified atom stereocenters. The minimum Gasteiger partial charge on any atom is -0.310 e. The fourth-order valence-corrected chi connectivity index (χ4v) is 3.38. The zero-order chi connectivity index (χ0) is 15.2. The summed E-state index contributed by atoms with van der Waals surface area (Å²) < 4.78 is 0. The molecule has 0 fully saturated rings. The second-order valence-corrected chi connectivity index (χ2v) is 6.47. The zero-order valence-electron chi connectivity index (χ0n) is 12.2. The lowest BCUT2D eigenvalue weighted by molar-refractivity contribution is 0.542. The van der Waals surface area contributed by atoms with Gasteiger partial charge in [-0.3, -0.25) is 0 Å². The molecule has 112 valence electrons. The first-order chi connectivity index (χ1) is 10.2. The van der Waals surface area contributed by atoms with Crippen LogP contribution in [0.5, 0.6) is 0 Å². The molecule has 1 N–H and O–H groups in total. The maximum absolute atomic E-state index is 6.12.